The van der Waals surface area contributed by atoms with Gasteiger partial charge in [0.25, 0.3) is 0 Å². The molecule has 1 fully saturated rings. The van der Waals surface area contributed by atoms with Crippen molar-refractivity contribution in [3.05, 3.63) is 34.6 Å². The number of hydrogen-bond donors (Lipinski definition) is 3. The molecule has 3 aromatic rings. The Kier molecular flexibility index (Phi) is 6.22. The molecule has 2 aromatic heterocycles. The van der Waals surface area contributed by atoms with Crippen molar-refractivity contribution in [2.45, 2.75) is 45.1 Å². The number of aliphatic hydroxyl groups is 1. The zero-order chi connectivity index (χ0) is 24.7. The van der Waals surface area contributed by atoms with E-state index in [1.54, 1.807) is 22.8 Å². The van der Waals surface area contributed by atoms with Gasteiger partial charge in [-0.3, -0.25) is 9.59 Å². The summed E-state index contributed by atoms with van der Waals surface area (Å²) in [5.41, 5.74) is 2.94. The van der Waals surface area contributed by atoms with Gasteiger partial charge in [-0.1, -0.05) is 6.92 Å². The molecule has 0 unspecified atom stereocenters. The predicted molar refractivity (Wildman–Crippen MR) is 136 cm³/mol. The fraction of sp³-hybridized carbons (Fsp3) is 0.458. The van der Waals surface area contributed by atoms with Crippen molar-refractivity contribution in [3.8, 4) is 5.69 Å². The maximum absolute atomic E-state index is 12.3. The summed E-state index contributed by atoms with van der Waals surface area (Å²) in [5, 5.41) is 21.0. The second-order valence-corrected chi connectivity index (χ2v) is 10.2. The number of benzene rings is 1. The standard InChI is InChI=1S/C24H28BrN7O3/c1-24(22(35)26-2)8-7-15(12-24)28-23-27-13-17-20(25)30-32(21(17)29-23)16-4-5-18-14(11-16)3-6-19(34)31(18)9-10-33/h4-5,11,13,15,33H,3,6-10,12H2,1-2H3,(H,26,35)(H,27,28,29)/t15-,24-/m1/s1. The second kappa shape index (κ2) is 9.19. The molecule has 1 aromatic carbocycles. The SMILES string of the molecule is CNC(=O)[C@]1(C)CC[C@@H](Nc2ncc3c(Br)nn(-c4ccc5c(c4)CCC(=O)N5CCO)c3n2)C1. The first-order chi connectivity index (χ1) is 16.8. The highest BCUT2D eigenvalue weighted by atomic mass is 79.9. The monoisotopic (exact) mass is 541 g/mol. The minimum Gasteiger partial charge on any atom is -0.395 e. The topological polar surface area (TPSA) is 125 Å². The van der Waals surface area contributed by atoms with Gasteiger partial charge < -0.3 is 20.6 Å². The molecule has 1 saturated carbocycles. The molecule has 5 rings (SSSR count). The Bertz CT molecular complexity index is 1310. The van der Waals surface area contributed by atoms with Crippen molar-refractivity contribution in [2.24, 2.45) is 5.41 Å². The first-order valence-corrected chi connectivity index (χ1v) is 12.6. The summed E-state index contributed by atoms with van der Waals surface area (Å²) >= 11 is 3.52. The molecule has 3 N–H and O–H groups in total. The lowest BCUT2D eigenvalue weighted by Crippen LogP contribution is -2.37. The van der Waals surface area contributed by atoms with Crippen LogP contribution in [0.25, 0.3) is 16.7 Å². The van der Waals surface area contributed by atoms with E-state index in [2.05, 4.69) is 36.6 Å². The zero-order valence-corrected chi connectivity index (χ0v) is 21.3. The number of aromatic nitrogens is 4. The molecule has 0 bridgehead atoms. The number of amides is 2. The van der Waals surface area contributed by atoms with Crippen LogP contribution in [-0.2, 0) is 16.0 Å². The highest BCUT2D eigenvalue weighted by molar-refractivity contribution is 9.10. The number of β-amino-alcohol motifs (C(OH)–C–C–N with tert-alkyl or cyclic N) is 1. The van der Waals surface area contributed by atoms with E-state index in [9.17, 15) is 14.7 Å². The number of aryl methyl sites for hydroxylation is 1. The number of nitrogens with one attached hydrogen (secondary N) is 2. The zero-order valence-electron chi connectivity index (χ0n) is 19.7. The van der Waals surface area contributed by atoms with E-state index >= 15 is 0 Å². The first kappa shape index (κ1) is 23.7. The van der Waals surface area contributed by atoms with Crippen molar-refractivity contribution < 1.29 is 14.7 Å². The van der Waals surface area contributed by atoms with E-state index in [1.807, 2.05) is 25.1 Å². The predicted octanol–water partition coefficient (Wildman–Crippen LogP) is 2.57. The van der Waals surface area contributed by atoms with E-state index < -0.39 is 5.41 Å². The van der Waals surface area contributed by atoms with Crippen LogP contribution in [0.15, 0.2) is 29.0 Å². The lowest BCUT2D eigenvalue weighted by molar-refractivity contribution is -0.129. The highest BCUT2D eigenvalue weighted by Crippen LogP contribution is 2.39. The van der Waals surface area contributed by atoms with Gasteiger partial charge in [-0.25, -0.2) is 9.67 Å². The van der Waals surface area contributed by atoms with Gasteiger partial charge in [0.05, 0.1) is 17.7 Å². The number of anilines is 2. The third-order valence-corrected chi connectivity index (χ3v) is 7.65. The molecular formula is C24H28BrN7O3. The third-order valence-electron chi connectivity index (χ3n) is 7.06. The van der Waals surface area contributed by atoms with Crippen molar-refractivity contribution >= 4 is 50.4 Å². The number of rotatable bonds is 6. The summed E-state index contributed by atoms with van der Waals surface area (Å²) in [4.78, 5) is 35.5. The molecule has 1 aliphatic heterocycles. The van der Waals surface area contributed by atoms with Crippen molar-refractivity contribution in [2.75, 3.05) is 30.4 Å². The van der Waals surface area contributed by atoms with Gasteiger partial charge in [0.2, 0.25) is 17.8 Å². The maximum Gasteiger partial charge on any atom is 0.227 e. The van der Waals surface area contributed by atoms with Crippen LogP contribution in [0.2, 0.25) is 0 Å². The molecule has 2 amide bonds. The lowest BCUT2D eigenvalue weighted by atomic mass is 9.87. The van der Waals surface area contributed by atoms with Crippen LogP contribution in [0.4, 0.5) is 11.6 Å². The normalized spacial score (nSPS) is 21.9. The molecule has 3 heterocycles. The fourth-order valence-electron chi connectivity index (χ4n) is 5.20. The second-order valence-electron chi connectivity index (χ2n) is 9.44. The van der Waals surface area contributed by atoms with Gasteiger partial charge in [-0.15, -0.1) is 0 Å². The minimum atomic E-state index is -0.393. The van der Waals surface area contributed by atoms with E-state index in [-0.39, 0.29) is 31.0 Å². The summed E-state index contributed by atoms with van der Waals surface area (Å²) < 4.78 is 2.41. The third kappa shape index (κ3) is 4.27. The Morgan fingerprint density at radius 2 is 2.17 bits per heavy atom. The Labute approximate surface area is 211 Å². The smallest absolute Gasteiger partial charge is 0.227 e. The average Bonchev–Trinajstić information content (AvgIpc) is 3.40. The van der Waals surface area contributed by atoms with Crippen LogP contribution in [0.5, 0.6) is 0 Å². The number of fused-ring (bicyclic) bond motifs is 2. The minimum absolute atomic E-state index is 0.0227. The number of nitrogens with zero attached hydrogens (tertiary/aromatic N) is 5. The molecule has 0 saturated heterocycles. The van der Waals surface area contributed by atoms with Gasteiger partial charge in [0, 0.05) is 43.4 Å². The van der Waals surface area contributed by atoms with Gasteiger partial charge in [-0.05, 0) is 65.4 Å². The summed E-state index contributed by atoms with van der Waals surface area (Å²) in [5.74, 6) is 0.580. The van der Waals surface area contributed by atoms with Crippen molar-refractivity contribution in [1.82, 2.24) is 25.1 Å². The van der Waals surface area contributed by atoms with Gasteiger partial charge in [0.1, 0.15) is 4.60 Å². The van der Waals surface area contributed by atoms with Gasteiger partial charge in [-0.2, -0.15) is 10.1 Å². The Balaban J connectivity index is 1.45. The van der Waals surface area contributed by atoms with Crippen LogP contribution in [0.1, 0.15) is 38.2 Å². The van der Waals surface area contributed by atoms with Crippen LogP contribution >= 0.6 is 15.9 Å². The summed E-state index contributed by atoms with van der Waals surface area (Å²) in [6.07, 6.45) is 5.17. The van der Waals surface area contributed by atoms with Crippen molar-refractivity contribution in [3.63, 3.8) is 0 Å². The van der Waals surface area contributed by atoms with Crippen LogP contribution in [-0.4, -0.2) is 62.9 Å². The fourth-order valence-corrected chi connectivity index (χ4v) is 5.63. The van der Waals surface area contributed by atoms with Crippen LogP contribution < -0.4 is 15.5 Å². The maximum atomic E-state index is 12.3. The van der Waals surface area contributed by atoms with E-state index in [4.69, 9.17) is 4.98 Å². The Morgan fingerprint density at radius 3 is 2.94 bits per heavy atom. The van der Waals surface area contributed by atoms with Crippen molar-refractivity contribution in [1.29, 1.82) is 0 Å². The van der Waals surface area contributed by atoms with Gasteiger partial charge >= 0.3 is 0 Å². The number of hydrogen-bond acceptors (Lipinski definition) is 7. The number of carbonyl (C=O) groups is 2. The molecule has 2 atom stereocenters. The molecule has 2 aliphatic rings. The summed E-state index contributed by atoms with van der Waals surface area (Å²) in [6.45, 7) is 2.19. The van der Waals surface area contributed by atoms with E-state index in [0.717, 1.165) is 35.2 Å². The molecule has 11 heteroatoms. The molecule has 184 valence electrons. The Morgan fingerprint density at radius 1 is 1.34 bits per heavy atom. The largest absolute Gasteiger partial charge is 0.395 e. The highest BCUT2D eigenvalue weighted by Gasteiger charge is 2.41. The lowest BCUT2D eigenvalue weighted by Gasteiger charge is -2.29. The first-order valence-electron chi connectivity index (χ1n) is 11.8. The van der Waals surface area contributed by atoms with Crippen LogP contribution in [0.3, 0.4) is 0 Å². The Hall–Kier alpha value is -3.05. The summed E-state index contributed by atoms with van der Waals surface area (Å²) in [6, 6.07) is 5.93. The molecule has 0 spiro atoms. The molecule has 1 aliphatic carbocycles. The van der Waals surface area contributed by atoms with E-state index in [1.165, 1.54) is 0 Å². The number of aliphatic hydroxyl groups excluding tert-OH is 1. The number of carbonyl (C=O) groups excluding carboxylic acids is 2. The molecular weight excluding hydrogens is 514 g/mol. The molecule has 10 nitrogen and oxygen atoms in total. The van der Waals surface area contributed by atoms with E-state index in [0.29, 0.717) is 35.5 Å². The summed E-state index contributed by atoms with van der Waals surface area (Å²) in [7, 11) is 1.67. The molecule has 35 heavy (non-hydrogen) atoms. The quantitative estimate of drug-likeness (QED) is 0.437. The average molecular weight is 542 g/mol. The van der Waals surface area contributed by atoms with Crippen LogP contribution in [0, 0.1) is 5.41 Å². The molecule has 0 radical (unpaired) electrons. The van der Waals surface area contributed by atoms with Gasteiger partial charge in [0.15, 0.2) is 5.65 Å². The number of halogens is 1.